The van der Waals surface area contributed by atoms with E-state index in [0.717, 1.165) is 60.0 Å². The molecule has 3 N–H and O–H groups in total. The van der Waals surface area contributed by atoms with Gasteiger partial charge in [0.15, 0.2) is 17.3 Å². The Kier molecular flexibility index (Phi) is 11.4. The minimum atomic E-state index is -0.408. The molecule has 1 amide bonds. The second-order valence-electron chi connectivity index (χ2n) is 11.9. The Hall–Kier alpha value is -3.85. The van der Waals surface area contributed by atoms with E-state index >= 15 is 0 Å². The van der Waals surface area contributed by atoms with Crippen LogP contribution >= 0.6 is 0 Å². The van der Waals surface area contributed by atoms with Gasteiger partial charge in [0.1, 0.15) is 5.83 Å². The molecule has 0 aromatic heterocycles. The Labute approximate surface area is 260 Å². The number of carbonyl (C=O) groups is 2. The summed E-state index contributed by atoms with van der Waals surface area (Å²) in [5, 5.41) is 2.83. The van der Waals surface area contributed by atoms with Gasteiger partial charge in [-0.25, -0.2) is 4.39 Å². The van der Waals surface area contributed by atoms with Crippen LogP contribution in [0.4, 0.5) is 4.39 Å². The second-order valence-corrected chi connectivity index (χ2v) is 11.9. The lowest BCUT2D eigenvalue weighted by molar-refractivity contribution is -0.126. The van der Waals surface area contributed by atoms with Crippen molar-refractivity contribution in [1.82, 2.24) is 10.2 Å². The summed E-state index contributed by atoms with van der Waals surface area (Å²) in [6.07, 6.45) is 12.1. The van der Waals surface area contributed by atoms with Gasteiger partial charge in [-0.05, 0) is 124 Å². The van der Waals surface area contributed by atoms with Gasteiger partial charge in [0.05, 0.1) is 26.7 Å². The number of nitrogens with zero attached hydrogens (tertiary/aromatic N) is 1. The van der Waals surface area contributed by atoms with Crippen molar-refractivity contribution in [2.24, 2.45) is 17.6 Å². The summed E-state index contributed by atoms with van der Waals surface area (Å²) in [5.74, 6) is 0.963. The van der Waals surface area contributed by atoms with E-state index in [4.69, 9.17) is 19.9 Å². The quantitative estimate of drug-likeness (QED) is 0.247. The lowest BCUT2D eigenvalue weighted by Crippen LogP contribution is -2.31. The third-order valence-corrected chi connectivity index (χ3v) is 8.94. The summed E-state index contributed by atoms with van der Waals surface area (Å²) in [7, 11) is 5.42. The number of rotatable bonds is 11. The molecule has 238 valence electrons. The van der Waals surface area contributed by atoms with Crippen molar-refractivity contribution in [2.45, 2.75) is 58.5 Å². The first-order valence-electron chi connectivity index (χ1n) is 15.4. The number of allylic oxidation sites excluding steroid dienone is 7. The maximum atomic E-state index is 14.4. The number of nitrogens with one attached hydrogen (secondary N) is 1. The van der Waals surface area contributed by atoms with Gasteiger partial charge in [0.2, 0.25) is 11.7 Å². The Balaban J connectivity index is 1.61. The van der Waals surface area contributed by atoms with Crippen molar-refractivity contribution < 1.29 is 28.2 Å². The number of nitrogens with two attached hydrogens (primary N) is 1. The molecule has 1 aromatic carbocycles. The van der Waals surface area contributed by atoms with E-state index in [1.807, 2.05) is 31.2 Å². The molecule has 8 nitrogen and oxygen atoms in total. The van der Waals surface area contributed by atoms with E-state index in [0.29, 0.717) is 23.2 Å². The Morgan fingerprint density at radius 3 is 2.55 bits per heavy atom. The smallest absolute Gasteiger partial charge is 0.228 e. The van der Waals surface area contributed by atoms with E-state index < -0.39 is 5.91 Å². The van der Waals surface area contributed by atoms with Crippen LogP contribution in [0.15, 0.2) is 64.7 Å². The number of hydrogen-bond donors (Lipinski definition) is 2. The number of fused-ring (bicyclic) bond motifs is 1. The molecule has 3 atom stereocenters. The fourth-order valence-corrected chi connectivity index (χ4v) is 6.39. The summed E-state index contributed by atoms with van der Waals surface area (Å²) in [6.45, 7) is 6.51. The molecule has 3 aliphatic rings. The minimum Gasteiger partial charge on any atom is -0.493 e. The molecule has 1 aliphatic heterocycles. The van der Waals surface area contributed by atoms with Gasteiger partial charge in [-0.15, -0.1) is 0 Å². The van der Waals surface area contributed by atoms with Crippen molar-refractivity contribution in [3.8, 4) is 17.2 Å². The summed E-state index contributed by atoms with van der Waals surface area (Å²) in [4.78, 5) is 26.6. The van der Waals surface area contributed by atoms with Crippen LogP contribution in [0.25, 0.3) is 6.08 Å². The molecule has 0 radical (unpaired) electrons. The van der Waals surface area contributed by atoms with Gasteiger partial charge in [0, 0.05) is 18.9 Å². The van der Waals surface area contributed by atoms with E-state index in [1.54, 1.807) is 14.2 Å². The summed E-state index contributed by atoms with van der Waals surface area (Å²) in [5.41, 5.74) is 9.91. The fourth-order valence-electron chi connectivity index (χ4n) is 6.39. The molecule has 2 aliphatic carbocycles. The van der Waals surface area contributed by atoms with Crippen molar-refractivity contribution in [2.75, 3.05) is 40.9 Å². The molecule has 1 aromatic rings. The van der Waals surface area contributed by atoms with Gasteiger partial charge in [0.25, 0.3) is 0 Å². The van der Waals surface area contributed by atoms with Crippen LogP contribution in [-0.2, 0) is 9.59 Å². The number of hydrogen-bond acceptors (Lipinski definition) is 7. The fraction of sp³-hybridized carbons (Fsp3) is 0.486. The molecule has 0 saturated carbocycles. The highest BCUT2D eigenvalue weighted by atomic mass is 19.1. The van der Waals surface area contributed by atoms with E-state index in [9.17, 15) is 14.0 Å². The van der Waals surface area contributed by atoms with Crippen LogP contribution in [0.5, 0.6) is 17.2 Å². The Morgan fingerprint density at radius 1 is 1.14 bits per heavy atom. The number of amides is 1. The van der Waals surface area contributed by atoms with Gasteiger partial charge in [-0.2, -0.15) is 0 Å². The van der Waals surface area contributed by atoms with Gasteiger partial charge in [-0.1, -0.05) is 12.5 Å². The van der Waals surface area contributed by atoms with Gasteiger partial charge >= 0.3 is 0 Å². The number of carbonyl (C=O) groups excluding carboxylic acids is 2. The maximum absolute atomic E-state index is 14.4. The zero-order valence-corrected chi connectivity index (χ0v) is 26.6. The maximum Gasteiger partial charge on any atom is 0.228 e. The third kappa shape index (κ3) is 8.00. The molecule has 0 bridgehead atoms. The summed E-state index contributed by atoms with van der Waals surface area (Å²) >= 11 is 0. The lowest BCUT2D eigenvalue weighted by atomic mass is 9.87. The Bertz CT molecular complexity index is 1370. The minimum absolute atomic E-state index is 0.0114. The van der Waals surface area contributed by atoms with Gasteiger partial charge < -0.3 is 30.2 Å². The highest BCUT2D eigenvalue weighted by Gasteiger charge is 2.34. The number of likely N-dealkylation sites (tertiary alicyclic amines) is 1. The van der Waals surface area contributed by atoms with Crippen LogP contribution < -0.4 is 25.3 Å². The molecule has 44 heavy (non-hydrogen) atoms. The van der Waals surface area contributed by atoms with Crippen molar-refractivity contribution >= 4 is 17.8 Å². The molecule has 4 rings (SSSR count). The summed E-state index contributed by atoms with van der Waals surface area (Å²) < 4.78 is 32.6. The number of benzene rings is 1. The number of ether oxygens (including phenoxy) is 3. The normalized spacial score (nSPS) is 22.5. The summed E-state index contributed by atoms with van der Waals surface area (Å²) in [6, 6.07) is 3.86. The highest BCUT2D eigenvalue weighted by molar-refractivity contribution is 6.03. The predicted molar refractivity (Wildman–Crippen MR) is 171 cm³/mol. The Morgan fingerprint density at radius 2 is 1.86 bits per heavy atom. The SMILES string of the molecule is COc1cc(/C=C2\C3=CC=C(F)CC3C(CNC(=O)CC(=O)C=CN)=C2C)cc(OC)c1OC(C)C1CCCCN(C)CC1. The molecule has 3 unspecified atom stereocenters. The van der Waals surface area contributed by atoms with Crippen LogP contribution in [0, 0.1) is 11.8 Å². The van der Waals surface area contributed by atoms with Crippen LogP contribution in [0.1, 0.15) is 57.9 Å². The van der Waals surface area contributed by atoms with Gasteiger partial charge in [-0.3, -0.25) is 9.59 Å². The highest BCUT2D eigenvalue weighted by Crippen LogP contribution is 2.48. The molecule has 9 heteroatoms. The first kappa shape index (κ1) is 33.1. The van der Waals surface area contributed by atoms with Crippen LogP contribution in [-0.4, -0.2) is 63.6 Å². The monoisotopic (exact) mass is 607 g/mol. The largest absolute Gasteiger partial charge is 0.493 e. The zero-order chi connectivity index (χ0) is 31.8. The van der Waals surface area contributed by atoms with E-state index in [-0.39, 0.29) is 43.0 Å². The van der Waals surface area contributed by atoms with Crippen molar-refractivity contribution in [3.63, 3.8) is 0 Å². The second kappa shape index (κ2) is 15.2. The third-order valence-electron chi connectivity index (χ3n) is 8.94. The first-order chi connectivity index (χ1) is 21.1. The first-order valence-corrected chi connectivity index (χ1v) is 15.4. The van der Waals surface area contributed by atoms with E-state index in [2.05, 4.69) is 24.2 Å². The predicted octanol–water partition coefficient (Wildman–Crippen LogP) is 5.65. The van der Waals surface area contributed by atoms with Crippen LogP contribution in [0.3, 0.4) is 0 Å². The zero-order valence-electron chi connectivity index (χ0n) is 26.6. The number of methoxy groups -OCH3 is 2. The van der Waals surface area contributed by atoms with Crippen molar-refractivity contribution in [3.05, 3.63) is 70.2 Å². The number of ketones is 1. The van der Waals surface area contributed by atoms with Crippen molar-refractivity contribution in [1.29, 1.82) is 0 Å². The van der Waals surface area contributed by atoms with Crippen LogP contribution in [0.2, 0.25) is 0 Å². The average molecular weight is 608 g/mol. The molecule has 1 heterocycles. The molecule has 0 spiro atoms. The lowest BCUT2D eigenvalue weighted by Gasteiger charge is -2.30. The molecular formula is C35H46FN3O5. The molecule has 1 saturated heterocycles. The molecule has 1 fully saturated rings. The average Bonchev–Trinajstić information content (AvgIpc) is 3.23. The molecular weight excluding hydrogens is 561 g/mol. The van der Waals surface area contributed by atoms with E-state index in [1.165, 1.54) is 25.0 Å². The standard InChI is InChI=1S/C35H46FN3O5/c1-22-29(28-10-9-26(36)19-30(28)31(22)21-38-34(41)20-27(40)11-13-37)16-24-17-32(42-4)35(33(18-24)43-5)44-23(2)25-8-6-7-14-39(3)15-12-25/h9-11,13,16-18,23,25,30H,6-8,12,14-15,19-21,37H2,1-5H3,(H,38,41)/b13-11?,29-16-. The number of halogens is 1. The topological polar surface area (TPSA) is 103 Å².